The molecule has 3 atom stereocenters. The molecule has 1 saturated carbocycles. The quantitative estimate of drug-likeness (QED) is 0.877. The van der Waals surface area contributed by atoms with Gasteiger partial charge >= 0.3 is 0 Å². The molecule has 1 aliphatic carbocycles. The molecule has 0 bridgehead atoms. The zero-order chi connectivity index (χ0) is 13.1. The van der Waals surface area contributed by atoms with E-state index in [9.17, 15) is 9.50 Å². The molecule has 0 spiro atoms. The molecule has 1 nitrogen and oxygen atoms in total. The summed E-state index contributed by atoms with van der Waals surface area (Å²) in [6.45, 7) is 2.20. The van der Waals surface area contributed by atoms with Crippen LogP contribution in [0.15, 0.2) is 22.7 Å². The van der Waals surface area contributed by atoms with Crippen LogP contribution < -0.4 is 0 Å². The monoisotopic (exact) mass is 314 g/mol. The summed E-state index contributed by atoms with van der Waals surface area (Å²) in [5.41, 5.74) is 0.616. The van der Waals surface area contributed by atoms with Gasteiger partial charge in [-0.25, -0.2) is 4.39 Å². The van der Waals surface area contributed by atoms with Crippen LogP contribution in [0.4, 0.5) is 4.39 Å². The molecule has 0 amide bonds. The largest absolute Gasteiger partial charge is 0.392 e. The third-order valence-electron chi connectivity index (χ3n) is 4.15. The summed E-state index contributed by atoms with van der Waals surface area (Å²) in [5, 5.41) is 10.2. The number of benzene rings is 1. The molecule has 3 heteroatoms. The lowest BCUT2D eigenvalue weighted by molar-refractivity contribution is 0.107. The summed E-state index contributed by atoms with van der Waals surface area (Å²) in [6, 6.07) is 5.05. The predicted octanol–water partition coefficient (Wildman–Crippen LogP) is 4.32. The Labute approximate surface area is 117 Å². The van der Waals surface area contributed by atoms with Gasteiger partial charge in [0, 0.05) is 10.9 Å². The van der Waals surface area contributed by atoms with Gasteiger partial charge in [0.05, 0.1) is 6.10 Å². The minimum absolute atomic E-state index is 0.228. The molecular formula is C15H20BrFO. The molecule has 0 aromatic heterocycles. The highest BCUT2D eigenvalue weighted by Crippen LogP contribution is 2.36. The van der Waals surface area contributed by atoms with E-state index in [0.717, 1.165) is 23.2 Å². The Morgan fingerprint density at radius 2 is 2.22 bits per heavy atom. The SMILES string of the molecule is CCC1CCC(C(O)Cc2ccc(Br)cc2F)C1. The Balaban J connectivity index is 1.97. The van der Waals surface area contributed by atoms with Gasteiger partial charge < -0.3 is 5.11 Å². The molecular weight excluding hydrogens is 295 g/mol. The molecule has 1 N–H and O–H groups in total. The van der Waals surface area contributed by atoms with E-state index in [-0.39, 0.29) is 5.82 Å². The number of aliphatic hydroxyl groups is 1. The second-order valence-corrected chi connectivity index (χ2v) is 6.27. The van der Waals surface area contributed by atoms with Crippen LogP contribution >= 0.6 is 15.9 Å². The van der Waals surface area contributed by atoms with E-state index in [4.69, 9.17) is 0 Å². The first-order valence-corrected chi connectivity index (χ1v) is 7.51. The van der Waals surface area contributed by atoms with E-state index in [1.54, 1.807) is 6.07 Å². The fraction of sp³-hybridized carbons (Fsp3) is 0.600. The third kappa shape index (κ3) is 3.33. The standard InChI is InChI=1S/C15H20BrFO/c1-2-10-3-4-12(7-10)15(18)8-11-5-6-13(16)9-14(11)17/h5-6,9-10,12,15,18H,2-4,7-8H2,1H3. The van der Waals surface area contributed by atoms with Crippen molar-refractivity contribution in [1.29, 1.82) is 0 Å². The van der Waals surface area contributed by atoms with Gasteiger partial charge in [-0.3, -0.25) is 0 Å². The molecule has 1 aromatic carbocycles. The summed E-state index contributed by atoms with van der Waals surface area (Å²) >= 11 is 3.24. The van der Waals surface area contributed by atoms with Crippen molar-refractivity contribution in [3.63, 3.8) is 0 Å². The summed E-state index contributed by atoms with van der Waals surface area (Å²) in [5.74, 6) is 0.867. The number of halogens is 2. The molecule has 2 rings (SSSR count). The summed E-state index contributed by atoms with van der Waals surface area (Å²) in [7, 11) is 0. The predicted molar refractivity (Wildman–Crippen MR) is 74.9 cm³/mol. The van der Waals surface area contributed by atoms with E-state index in [0.29, 0.717) is 17.9 Å². The number of aliphatic hydroxyl groups excluding tert-OH is 1. The number of hydrogen-bond donors (Lipinski definition) is 1. The minimum Gasteiger partial charge on any atom is -0.392 e. The van der Waals surface area contributed by atoms with Crippen LogP contribution in [0.2, 0.25) is 0 Å². The first-order valence-electron chi connectivity index (χ1n) is 6.72. The van der Waals surface area contributed by atoms with E-state index >= 15 is 0 Å². The molecule has 1 aromatic rings. The molecule has 0 radical (unpaired) electrons. The maximum atomic E-state index is 13.7. The Kier molecular flexibility index (Phi) is 4.79. The Morgan fingerprint density at radius 3 is 2.83 bits per heavy atom. The van der Waals surface area contributed by atoms with E-state index in [2.05, 4.69) is 22.9 Å². The fourth-order valence-corrected chi connectivity index (χ4v) is 3.25. The van der Waals surface area contributed by atoms with Gasteiger partial charge in [-0.15, -0.1) is 0 Å². The lowest BCUT2D eigenvalue weighted by atomic mass is 9.93. The number of rotatable bonds is 4. The molecule has 0 heterocycles. The van der Waals surface area contributed by atoms with E-state index in [1.165, 1.54) is 18.9 Å². The summed E-state index contributed by atoms with van der Waals surface area (Å²) in [4.78, 5) is 0. The van der Waals surface area contributed by atoms with Crippen molar-refractivity contribution < 1.29 is 9.50 Å². The van der Waals surface area contributed by atoms with Crippen molar-refractivity contribution in [3.8, 4) is 0 Å². The smallest absolute Gasteiger partial charge is 0.127 e. The maximum absolute atomic E-state index is 13.7. The minimum atomic E-state index is -0.405. The number of hydrogen-bond acceptors (Lipinski definition) is 1. The van der Waals surface area contributed by atoms with Gasteiger partial charge in [0.2, 0.25) is 0 Å². The third-order valence-corrected chi connectivity index (χ3v) is 4.64. The lowest BCUT2D eigenvalue weighted by Crippen LogP contribution is -2.21. The second-order valence-electron chi connectivity index (χ2n) is 5.35. The van der Waals surface area contributed by atoms with Crippen LogP contribution in [-0.4, -0.2) is 11.2 Å². The van der Waals surface area contributed by atoms with Crippen molar-refractivity contribution >= 4 is 15.9 Å². The summed E-state index contributed by atoms with van der Waals surface area (Å²) in [6.07, 6.45) is 4.60. The fourth-order valence-electron chi connectivity index (χ4n) is 2.91. The highest BCUT2D eigenvalue weighted by atomic mass is 79.9. The van der Waals surface area contributed by atoms with Crippen LogP contribution in [0.1, 0.15) is 38.2 Å². The van der Waals surface area contributed by atoms with Gasteiger partial charge in [-0.1, -0.05) is 41.8 Å². The highest BCUT2D eigenvalue weighted by Gasteiger charge is 2.29. The van der Waals surface area contributed by atoms with Crippen LogP contribution in [0, 0.1) is 17.7 Å². The van der Waals surface area contributed by atoms with E-state index in [1.807, 2.05) is 6.07 Å². The average molecular weight is 315 g/mol. The molecule has 0 aliphatic heterocycles. The normalized spacial score (nSPS) is 25.3. The Bertz CT molecular complexity index is 407. The molecule has 18 heavy (non-hydrogen) atoms. The van der Waals surface area contributed by atoms with Gasteiger partial charge in [0.15, 0.2) is 0 Å². The van der Waals surface area contributed by atoms with Crippen molar-refractivity contribution in [2.24, 2.45) is 11.8 Å². The topological polar surface area (TPSA) is 20.2 Å². The van der Waals surface area contributed by atoms with Gasteiger partial charge in [0.1, 0.15) is 5.82 Å². The molecule has 1 fully saturated rings. The summed E-state index contributed by atoms with van der Waals surface area (Å²) < 4.78 is 14.4. The molecule has 100 valence electrons. The maximum Gasteiger partial charge on any atom is 0.127 e. The van der Waals surface area contributed by atoms with Crippen molar-refractivity contribution in [1.82, 2.24) is 0 Å². The van der Waals surface area contributed by atoms with Crippen LogP contribution in [0.5, 0.6) is 0 Å². The highest BCUT2D eigenvalue weighted by molar-refractivity contribution is 9.10. The molecule has 3 unspecified atom stereocenters. The zero-order valence-electron chi connectivity index (χ0n) is 10.7. The van der Waals surface area contributed by atoms with Crippen LogP contribution in [0.25, 0.3) is 0 Å². The van der Waals surface area contributed by atoms with Crippen LogP contribution in [0.3, 0.4) is 0 Å². The van der Waals surface area contributed by atoms with Crippen molar-refractivity contribution in [3.05, 3.63) is 34.1 Å². The molecule has 1 aliphatic rings. The Hall–Kier alpha value is -0.410. The zero-order valence-corrected chi connectivity index (χ0v) is 12.3. The van der Waals surface area contributed by atoms with Gasteiger partial charge in [-0.05, 0) is 42.4 Å². The second kappa shape index (κ2) is 6.16. The van der Waals surface area contributed by atoms with Crippen LogP contribution in [-0.2, 0) is 6.42 Å². The lowest BCUT2D eigenvalue weighted by Gasteiger charge is -2.18. The van der Waals surface area contributed by atoms with E-state index < -0.39 is 6.10 Å². The van der Waals surface area contributed by atoms with Gasteiger partial charge in [0.25, 0.3) is 0 Å². The molecule has 0 saturated heterocycles. The van der Waals surface area contributed by atoms with Gasteiger partial charge in [-0.2, -0.15) is 0 Å². The average Bonchev–Trinajstić information content (AvgIpc) is 2.81. The first kappa shape index (κ1) is 14.0. The van der Waals surface area contributed by atoms with Crippen molar-refractivity contribution in [2.75, 3.05) is 0 Å². The Morgan fingerprint density at radius 1 is 1.44 bits per heavy atom. The first-order chi connectivity index (χ1) is 8.60. The van der Waals surface area contributed by atoms with Crippen molar-refractivity contribution in [2.45, 2.75) is 45.1 Å².